The van der Waals surface area contributed by atoms with Gasteiger partial charge in [-0.3, -0.25) is 14.8 Å². The minimum Gasteiger partial charge on any atom is -0.354 e. The minimum absolute atomic E-state index is 0.0260. The third kappa shape index (κ3) is 2.95. The molecule has 5 heterocycles. The Morgan fingerprint density at radius 2 is 1.02 bits per heavy atom. The van der Waals surface area contributed by atoms with E-state index < -0.39 is 21.9 Å². The summed E-state index contributed by atoms with van der Waals surface area (Å²) in [5, 5.41) is 1.97. The van der Waals surface area contributed by atoms with Gasteiger partial charge in [0.1, 0.15) is 11.1 Å². The molecule has 13 rings (SSSR count). The zero-order chi connectivity index (χ0) is 33.1. The number of benzene rings is 4. The average molecular weight is 642 g/mol. The summed E-state index contributed by atoms with van der Waals surface area (Å²) in [5.74, 6) is -0.113. The Balaban J connectivity index is 1.39. The highest BCUT2D eigenvalue weighted by atomic mass is 16.1. The minimum atomic E-state index is -0.927. The first-order valence-corrected chi connectivity index (χ1v) is 17.3. The number of rotatable bonds is 4. The summed E-state index contributed by atoms with van der Waals surface area (Å²) < 4.78 is 0. The fraction of sp³-hybridized carbons (Fsp3) is 0.109. The number of carbonyl (C=O) groups excluding carboxylic acids is 1. The van der Waals surface area contributed by atoms with Gasteiger partial charge in [-0.25, -0.2) is 0 Å². The molecule has 236 valence electrons. The predicted octanol–water partition coefficient (Wildman–Crippen LogP) is 6.51. The largest absolute Gasteiger partial charge is 0.354 e. The second-order valence-electron chi connectivity index (χ2n) is 14.1. The second-order valence-corrected chi connectivity index (χ2v) is 14.1. The molecule has 4 aromatic carbocycles. The van der Waals surface area contributed by atoms with Crippen LogP contribution in [0.4, 0.5) is 0 Å². The van der Waals surface area contributed by atoms with Crippen LogP contribution in [0.1, 0.15) is 22.3 Å². The Bertz CT molecular complexity index is 2490. The van der Waals surface area contributed by atoms with Gasteiger partial charge >= 0.3 is 0 Å². The number of aromatic nitrogens is 1. The van der Waals surface area contributed by atoms with Crippen LogP contribution < -0.4 is 10.7 Å². The van der Waals surface area contributed by atoms with Crippen molar-refractivity contribution in [2.45, 2.75) is 21.9 Å². The molecule has 5 atom stereocenters. The molecule has 4 aliphatic heterocycles. The number of aliphatic imine (C=N–C) groups is 2. The molecule has 0 saturated heterocycles. The molecule has 4 heteroatoms. The van der Waals surface area contributed by atoms with Crippen LogP contribution in [0.15, 0.2) is 192 Å². The number of hydrogen-bond donors (Lipinski definition) is 1. The van der Waals surface area contributed by atoms with Gasteiger partial charge in [0.05, 0.1) is 22.3 Å². The van der Waals surface area contributed by atoms with E-state index in [1.807, 2.05) is 6.07 Å². The molecule has 8 aliphatic rings. The van der Waals surface area contributed by atoms with Crippen LogP contribution in [0.5, 0.6) is 0 Å². The lowest BCUT2D eigenvalue weighted by molar-refractivity contribution is -0.123. The molecule has 1 fully saturated rings. The Morgan fingerprint density at radius 3 is 1.54 bits per heavy atom. The monoisotopic (exact) mass is 641 g/mol. The van der Waals surface area contributed by atoms with Crippen molar-refractivity contribution in [2.75, 3.05) is 0 Å². The number of carbonyl (C=O) groups is 1. The van der Waals surface area contributed by atoms with Gasteiger partial charge in [-0.1, -0.05) is 146 Å². The molecule has 1 saturated carbocycles. The predicted molar refractivity (Wildman–Crippen MR) is 199 cm³/mol. The van der Waals surface area contributed by atoms with Gasteiger partial charge in [0.2, 0.25) is 0 Å². The van der Waals surface area contributed by atoms with Crippen molar-refractivity contribution >= 4 is 28.4 Å². The van der Waals surface area contributed by atoms with Crippen molar-refractivity contribution < 1.29 is 4.79 Å². The molecule has 2 spiro atoms. The van der Waals surface area contributed by atoms with Crippen LogP contribution in [0, 0.1) is 5.92 Å². The Hall–Kier alpha value is -6.13. The number of hydrogen-bond acceptors (Lipinski definition) is 3. The first kappa shape index (κ1) is 27.8. The normalized spacial score (nSPS) is 31.7. The van der Waals surface area contributed by atoms with E-state index >= 15 is 0 Å². The second kappa shape index (κ2) is 9.52. The number of nitrogens with one attached hydrogen (secondary N) is 1. The highest BCUT2D eigenvalue weighted by molar-refractivity contribution is 6.32. The van der Waals surface area contributed by atoms with Crippen molar-refractivity contribution in [2.24, 2.45) is 15.9 Å². The molecule has 5 aromatic rings. The molecule has 0 amide bonds. The lowest BCUT2D eigenvalue weighted by atomic mass is 9.21. The first-order chi connectivity index (χ1) is 24.6. The summed E-state index contributed by atoms with van der Waals surface area (Å²) in [4.78, 5) is 30.3. The summed E-state index contributed by atoms with van der Waals surface area (Å²) in [6.45, 7) is 0. The van der Waals surface area contributed by atoms with Gasteiger partial charge in [-0.05, 0) is 52.6 Å². The first-order valence-electron chi connectivity index (χ1n) is 17.3. The van der Waals surface area contributed by atoms with Crippen molar-refractivity contribution in [3.05, 3.63) is 215 Å². The van der Waals surface area contributed by atoms with E-state index in [0.717, 1.165) is 61.1 Å². The number of H-pyrrole nitrogens is 1. The van der Waals surface area contributed by atoms with Gasteiger partial charge < -0.3 is 4.98 Å². The lowest BCUT2D eigenvalue weighted by Gasteiger charge is -2.81. The highest BCUT2D eigenvalue weighted by Gasteiger charge is 2.93. The van der Waals surface area contributed by atoms with Crippen molar-refractivity contribution in [1.82, 2.24) is 4.98 Å². The van der Waals surface area contributed by atoms with Crippen LogP contribution in [0.25, 0.3) is 11.1 Å². The van der Waals surface area contributed by atoms with Crippen molar-refractivity contribution in [3.8, 4) is 0 Å². The summed E-state index contributed by atoms with van der Waals surface area (Å²) >= 11 is 0. The van der Waals surface area contributed by atoms with Gasteiger partial charge in [-0.15, -0.1) is 0 Å². The molecule has 4 nitrogen and oxygen atoms in total. The molecular weight excluding hydrogens is 611 g/mol. The van der Waals surface area contributed by atoms with Gasteiger partial charge in [0.15, 0.2) is 5.78 Å². The standard InChI is InChI=1S/C46H31N3O/c50-40-24-21-34-29-35(40)46(33-19-11-4-12-20-33)43-27-25-38(48-43)41(30-13-5-1-6-14-30)36-22-23-37(47-36)42(31-15-7-2-8-16-31)39-26-28-44(46,49-39)45(34,43)32-17-9-3-10-18-32/h1-29,34,47H/b41-36-,42-37?. The van der Waals surface area contributed by atoms with Gasteiger partial charge in [-0.2, -0.15) is 0 Å². The third-order valence-electron chi connectivity index (χ3n) is 12.2. The topological polar surface area (TPSA) is 57.6 Å². The zero-order valence-corrected chi connectivity index (χ0v) is 27.1. The Morgan fingerprint density at radius 1 is 0.540 bits per heavy atom. The fourth-order valence-corrected chi connectivity index (χ4v) is 10.7. The molecule has 10 bridgehead atoms. The summed E-state index contributed by atoms with van der Waals surface area (Å²) in [6, 6.07) is 46.8. The van der Waals surface area contributed by atoms with E-state index in [-0.39, 0.29) is 11.7 Å². The van der Waals surface area contributed by atoms with E-state index in [0.29, 0.717) is 0 Å². The quantitative estimate of drug-likeness (QED) is 0.239. The molecule has 1 N–H and O–H groups in total. The van der Waals surface area contributed by atoms with E-state index in [1.54, 1.807) is 6.08 Å². The lowest BCUT2D eigenvalue weighted by Crippen LogP contribution is -2.92. The van der Waals surface area contributed by atoms with Crippen LogP contribution in [0.2, 0.25) is 0 Å². The number of ketones is 1. The molecule has 1 aromatic heterocycles. The van der Waals surface area contributed by atoms with E-state index in [2.05, 4.69) is 169 Å². The number of allylic oxidation sites excluding steroid dienone is 5. The molecule has 4 aliphatic carbocycles. The van der Waals surface area contributed by atoms with Crippen molar-refractivity contribution in [3.63, 3.8) is 0 Å². The molecule has 5 unspecified atom stereocenters. The Labute approximate surface area is 289 Å². The number of aromatic amines is 1. The zero-order valence-electron chi connectivity index (χ0n) is 27.1. The molecule has 0 radical (unpaired) electrons. The maximum absolute atomic E-state index is 14.5. The Kier molecular flexibility index (Phi) is 5.29. The van der Waals surface area contributed by atoms with Crippen LogP contribution in [-0.2, 0) is 15.6 Å². The summed E-state index contributed by atoms with van der Waals surface area (Å²) in [7, 11) is 0. The smallest absolute Gasteiger partial charge is 0.182 e. The highest BCUT2D eigenvalue weighted by Crippen LogP contribution is 2.83. The fourth-order valence-electron chi connectivity index (χ4n) is 10.7. The third-order valence-corrected chi connectivity index (χ3v) is 12.2. The van der Waals surface area contributed by atoms with Gasteiger partial charge in [0, 0.05) is 33.3 Å². The van der Waals surface area contributed by atoms with E-state index in [4.69, 9.17) is 9.98 Å². The van der Waals surface area contributed by atoms with E-state index in [1.165, 1.54) is 0 Å². The van der Waals surface area contributed by atoms with Crippen molar-refractivity contribution in [1.29, 1.82) is 0 Å². The van der Waals surface area contributed by atoms with Crippen LogP contribution in [-0.4, -0.2) is 33.3 Å². The van der Waals surface area contributed by atoms with Gasteiger partial charge in [0.25, 0.3) is 0 Å². The summed E-state index contributed by atoms with van der Waals surface area (Å²) in [5.41, 5.74) is 5.63. The van der Waals surface area contributed by atoms with Crippen LogP contribution in [0.3, 0.4) is 0 Å². The van der Waals surface area contributed by atoms with Crippen LogP contribution >= 0.6 is 0 Å². The molecular formula is C46H31N3O. The maximum atomic E-state index is 14.5. The summed E-state index contributed by atoms with van der Waals surface area (Å²) in [6.07, 6.45) is 15.2. The maximum Gasteiger partial charge on any atom is 0.182 e. The van der Waals surface area contributed by atoms with E-state index in [9.17, 15) is 4.79 Å². The average Bonchev–Trinajstić information content (AvgIpc) is 3.94. The SMILES string of the molecule is O=C1C=CC2C=C1C1(c3ccccc3)C34C=CC(=N3)C(c3ccccc3)=c3cc/c([nH]3)=C(\c3ccccc3)C3=NC1(C=C3)C24c1ccccc1. The molecule has 50 heavy (non-hydrogen) atoms. The number of nitrogens with zero attached hydrogens (tertiary/aromatic N) is 2.